The van der Waals surface area contributed by atoms with Crippen LogP contribution in [0.1, 0.15) is 13.8 Å². The minimum absolute atomic E-state index is 0.0463. The number of nitrogens with two attached hydrogens (primary N) is 1. The third kappa shape index (κ3) is 3.60. The normalized spacial score (nSPS) is 11.9. The second-order valence-corrected chi connectivity index (χ2v) is 3.70. The van der Waals surface area contributed by atoms with Crippen LogP contribution in [0.25, 0.3) is 0 Å². The first-order valence-electron chi connectivity index (χ1n) is 5.46. The van der Waals surface area contributed by atoms with Gasteiger partial charge in [0.1, 0.15) is 5.69 Å². The number of hydrogen-bond donors (Lipinski definition) is 2. The van der Waals surface area contributed by atoms with Crippen LogP contribution in [0.5, 0.6) is 5.75 Å². The summed E-state index contributed by atoms with van der Waals surface area (Å²) in [6.45, 7) is 4.46. The Bertz CT molecular complexity index is 394. The van der Waals surface area contributed by atoms with Crippen molar-refractivity contribution in [1.29, 1.82) is 0 Å². The molecule has 0 saturated carbocycles. The largest absolute Gasteiger partial charge is 0.487 e. The van der Waals surface area contributed by atoms with Gasteiger partial charge in [-0.05, 0) is 26.0 Å². The Balaban J connectivity index is 3.02. The molecule has 0 radical (unpaired) electrons. The molecule has 1 aromatic carbocycles. The summed E-state index contributed by atoms with van der Waals surface area (Å²) < 4.78 is 5.23. The predicted octanol–water partition coefficient (Wildman–Crippen LogP) is 1.75. The fourth-order valence-electron chi connectivity index (χ4n) is 1.40. The van der Waals surface area contributed by atoms with E-state index in [-0.39, 0.29) is 17.5 Å². The maximum Gasteiger partial charge on any atom is 0.333 e. The second kappa shape index (κ2) is 6.05. The summed E-state index contributed by atoms with van der Waals surface area (Å²) in [4.78, 5) is 10.6. The first kappa shape index (κ1) is 13.2. The summed E-state index contributed by atoms with van der Waals surface area (Å²) in [6.07, 6.45) is 0. The molecule has 0 amide bonds. The molecule has 0 aliphatic rings. The van der Waals surface area contributed by atoms with E-state index in [2.05, 4.69) is 5.32 Å². The number of rotatable bonds is 6. The summed E-state index contributed by atoms with van der Waals surface area (Å²) in [5.41, 5.74) is 5.98. The predicted molar refractivity (Wildman–Crippen MR) is 66.4 cm³/mol. The van der Waals surface area contributed by atoms with Crippen LogP contribution >= 0.6 is 0 Å². The molecule has 0 spiro atoms. The Morgan fingerprint density at radius 1 is 1.59 bits per heavy atom. The molecule has 0 heterocycles. The van der Waals surface area contributed by atoms with E-state index >= 15 is 0 Å². The van der Waals surface area contributed by atoms with Crippen molar-refractivity contribution in [3.63, 3.8) is 0 Å². The van der Waals surface area contributed by atoms with Gasteiger partial charge in [-0.2, -0.15) is 0 Å². The van der Waals surface area contributed by atoms with Gasteiger partial charge in [0.2, 0.25) is 0 Å². The molecule has 0 bridgehead atoms. The molecule has 0 fully saturated rings. The average Bonchev–Trinajstić information content (AvgIpc) is 2.26. The lowest BCUT2D eigenvalue weighted by Crippen LogP contribution is -2.25. The van der Waals surface area contributed by atoms with Crippen molar-refractivity contribution >= 4 is 11.4 Å². The molecule has 94 valence electrons. The molecule has 6 nitrogen and oxygen atoms in total. The minimum atomic E-state index is -0.450. The number of nitro groups is 1. The number of anilines is 1. The molecule has 1 unspecified atom stereocenters. The lowest BCUT2D eigenvalue weighted by molar-refractivity contribution is -0.384. The van der Waals surface area contributed by atoms with Crippen LogP contribution in [0, 0.1) is 10.1 Å². The molecule has 17 heavy (non-hydrogen) atoms. The van der Waals surface area contributed by atoms with Gasteiger partial charge in [-0.15, -0.1) is 0 Å². The van der Waals surface area contributed by atoms with Gasteiger partial charge in [-0.25, -0.2) is 0 Å². The monoisotopic (exact) mass is 239 g/mol. The summed E-state index contributed by atoms with van der Waals surface area (Å²) in [5, 5.41) is 14.0. The van der Waals surface area contributed by atoms with E-state index in [1.165, 1.54) is 0 Å². The van der Waals surface area contributed by atoms with E-state index < -0.39 is 4.92 Å². The highest BCUT2D eigenvalue weighted by Gasteiger charge is 2.20. The fraction of sp³-hybridized carbons (Fsp3) is 0.455. The second-order valence-electron chi connectivity index (χ2n) is 3.70. The molecule has 1 atom stereocenters. The zero-order chi connectivity index (χ0) is 12.8. The summed E-state index contributed by atoms with van der Waals surface area (Å²) in [7, 11) is 0. The average molecular weight is 239 g/mol. The third-order valence-electron chi connectivity index (χ3n) is 2.10. The first-order valence-corrected chi connectivity index (χ1v) is 5.46. The number of benzene rings is 1. The smallest absolute Gasteiger partial charge is 0.333 e. The number of hydrogen-bond acceptors (Lipinski definition) is 5. The van der Waals surface area contributed by atoms with Crippen molar-refractivity contribution in [2.24, 2.45) is 5.73 Å². The lowest BCUT2D eigenvalue weighted by Gasteiger charge is -2.11. The van der Waals surface area contributed by atoms with Crippen molar-refractivity contribution in [2.45, 2.75) is 19.9 Å². The lowest BCUT2D eigenvalue weighted by atomic mass is 10.2. The molecule has 1 aromatic rings. The van der Waals surface area contributed by atoms with Crippen molar-refractivity contribution in [3.8, 4) is 5.75 Å². The first-order chi connectivity index (χ1) is 8.06. The Morgan fingerprint density at radius 2 is 2.29 bits per heavy atom. The van der Waals surface area contributed by atoms with E-state index in [0.717, 1.165) is 0 Å². The van der Waals surface area contributed by atoms with Crippen LogP contribution in [0.15, 0.2) is 18.2 Å². The number of para-hydroxylation sites is 1. The van der Waals surface area contributed by atoms with Gasteiger partial charge in [0.15, 0.2) is 5.75 Å². The van der Waals surface area contributed by atoms with E-state index in [4.69, 9.17) is 10.5 Å². The van der Waals surface area contributed by atoms with E-state index in [1.54, 1.807) is 25.1 Å². The number of nitro benzene ring substituents is 1. The van der Waals surface area contributed by atoms with Crippen LogP contribution in [0.2, 0.25) is 0 Å². The SMILES string of the molecule is CCOc1cccc(NCC(C)N)c1[N+](=O)[O-]. The summed E-state index contributed by atoms with van der Waals surface area (Å²) in [5.74, 6) is 0.271. The van der Waals surface area contributed by atoms with Gasteiger partial charge in [0, 0.05) is 12.6 Å². The van der Waals surface area contributed by atoms with Crippen molar-refractivity contribution in [3.05, 3.63) is 28.3 Å². The highest BCUT2D eigenvalue weighted by Crippen LogP contribution is 2.34. The zero-order valence-electron chi connectivity index (χ0n) is 9.97. The number of ether oxygens (including phenoxy) is 1. The molecule has 1 rings (SSSR count). The topological polar surface area (TPSA) is 90.4 Å². The van der Waals surface area contributed by atoms with E-state index in [1.807, 2.05) is 6.92 Å². The molecule has 0 aromatic heterocycles. The Hall–Kier alpha value is -1.82. The van der Waals surface area contributed by atoms with Crippen LogP contribution in [-0.4, -0.2) is 24.1 Å². The van der Waals surface area contributed by atoms with Gasteiger partial charge in [-0.3, -0.25) is 10.1 Å². The van der Waals surface area contributed by atoms with Gasteiger partial charge in [-0.1, -0.05) is 6.07 Å². The quantitative estimate of drug-likeness (QED) is 0.583. The molecule has 3 N–H and O–H groups in total. The fourth-order valence-corrected chi connectivity index (χ4v) is 1.40. The molecular weight excluding hydrogens is 222 g/mol. The van der Waals surface area contributed by atoms with Crippen LogP contribution in [0.4, 0.5) is 11.4 Å². The van der Waals surface area contributed by atoms with Gasteiger partial charge in [0.05, 0.1) is 11.5 Å². The van der Waals surface area contributed by atoms with Gasteiger partial charge >= 0.3 is 5.69 Å². The maximum atomic E-state index is 11.0. The molecule has 6 heteroatoms. The Kier molecular flexibility index (Phi) is 4.71. The van der Waals surface area contributed by atoms with Gasteiger partial charge in [0.25, 0.3) is 0 Å². The zero-order valence-corrected chi connectivity index (χ0v) is 9.97. The molecular formula is C11H17N3O3. The molecule has 0 saturated heterocycles. The van der Waals surface area contributed by atoms with Crippen LogP contribution < -0.4 is 15.8 Å². The van der Waals surface area contributed by atoms with Crippen molar-refractivity contribution in [1.82, 2.24) is 0 Å². The highest BCUT2D eigenvalue weighted by atomic mass is 16.6. The third-order valence-corrected chi connectivity index (χ3v) is 2.10. The van der Waals surface area contributed by atoms with Crippen LogP contribution in [-0.2, 0) is 0 Å². The summed E-state index contributed by atoms with van der Waals surface area (Å²) in [6, 6.07) is 4.86. The Labute approximate surface area is 99.9 Å². The van der Waals surface area contributed by atoms with Crippen molar-refractivity contribution in [2.75, 3.05) is 18.5 Å². The van der Waals surface area contributed by atoms with Crippen LogP contribution in [0.3, 0.4) is 0 Å². The standard InChI is InChI=1S/C11H17N3O3/c1-3-17-10-6-4-5-9(11(10)14(15)16)13-7-8(2)12/h4-6,8,13H,3,7,12H2,1-2H3. The van der Waals surface area contributed by atoms with Crippen molar-refractivity contribution < 1.29 is 9.66 Å². The number of nitrogens with one attached hydrogen (secondary N) is 1. The molecule has 0 aliphatic carbocycles. The maximum absolute atomic E-state index is 11.0. The Morgan fingerprint density at radius 3 is 2.82 bits per heavy atom. The van der Waals surface area contributed by atoms with E-state index in [9.17, 15) is 10.1 Å². The molecule has 0 aliphatic heterocycles. The number of nitrogens with zero attached hydrogens (tertiary/aromatic N) is 1. The highest BCUT2D eigenvalue weighted by molar-refractivity contribution is 5.68. The van der Waals surface area contributed by atoms with E-state index in [0.29, 0.717) is 18.8 Å². The minimum Gasteiger partial charge on any atom is -0.487 e. The summed E-state index contributed by atoms with van der Waals surface area (Å²) >= 11 is 0. The van der Waals surface area contributed by atoms with Gasteiger partial charge < -0.3 is 15.8 Å².